The average Bonchev–Trinajstić information content (AvgIpc) is 2.76. The molecule has 0 aliphatic carbocycles. The number of rotatable bonds is 8. The molecule has 1 rings (SSSR count). The predicted octanol–water partition coefficient (Wildman–Crippen LogP) is 1.36. The van der Waals surface area contributed by atoms with E-state index in [4.69, 9.17) is 14.4 Å². The summed E-state index contributed by atoms with van der Waals surface area (Å²) in [6.07, 6.45) is 0. The lowest BCUT2D eigenvalue weighted by atomic mass is 10.1. The lowest BCUT2D eigenvalue weighted by Gasteiger charge is -2.20. The Bertz CT molecular complexity index is 378. The smallest absolute Gasteiger partial charge is 0.307 e. The summed E-state index contributed by atoms with van der Waals surface area (Å²) in [4.78, 5) is 12.8. The van der Waals surface area contributed by atoms with Gasteiger partial charge < -0.3 is 14.4 Å². The van der Waals surface area contributed by atoms with Crippen molar-refractivity contribution in [2.45, 2.75) is 27.0 Å². The van der Waals surface area contributed by atoms with Crippen LogP contribution in [0.5, 0.6) is 0 Å². The standard InChI is InChI=1S/C12H20N2O4/c1-4-14(6-9(2)12(15)16)7-10-5-11(8-17-3)18-13-10/h5,9H,4,6-8H2,1-3H3,(H,15,16). The van der Waals surface area contributed by atoms with E-state index in [1.54, 1.807) is 14.0 Å². The first-order valence-electron chi connectivity index (χ1n) is 5.95. The Labute approximate surface area is 107 Å². The summed E-state index contributed by atoms with van der Waals surface area (Å²) in [5.41, 5.74) is 0.793. The molecule has 0 bridgehead atoms. The number of methoxy groups -OCH3 is 1. The van der Waals surface area contributed by atoms with E-state index in [0.717, 1.165) is 12.2 Å². The quantitative estimate of drug-likeness (QED) is 0.757. The van der Waals surface area contributed by atoms with Gasteiger partial charge in [-0.05, 0) is 6.54 Å². The summed E-state index contributed by atoms with van der Waals surface area (Å²) in [7, 11) is 1.59. The second-order valence-corrected chi connectivity index (χ2v) is 4.28. The minimum absolute atomic E-state index is 0.393. The Morgan fingerprint density at radius 2 is 2.39 bits per heavy atom. The van der Waals surface area contributed by atoms with E-state index < -0.39 is 11.9 Å². The van der Waals surface area contributed by atoms with Crippen molar-refractivity contribution in [1.29, 1.82) is 0 Å². The number of hydrogen-bond acceptors (Lipinski definition) is 5. The first-order chi connectivity index (χ1) is 8.56. The highest BCUT2D eigenvalue weighted by Gasteiger charge is 2.16. The molecule has 0 aromatic carbocycles. The van der Waals surface area contributed by atoms with E-state index in [0.29, 0.717) is 25.5 Å². The van der Waals surface area contributed by atoms with Gasteiger partial charge in [-0.2, -0.15) is 0 Å². The summed E-state index contributed by atoms with van der Waals surface area (Å²) >= 11 is 0. The molecule has 0 radical (unpaired) electrons. The molecule has 0 spiro atoms. The van der Waals surface area contributed by atoms with Crippen LogP contribution in [0.15, 0.2) is 10.6 Å². The van der Waals surface area contributed by atoms with Crippen molar-refractivity contribution in [3.05, 3.63) is 17.5 Å². The lowest BCUT2D eigenvalue weighted by Crippen LogP contribution is -2.31. The molecule has 1 N–H and O–H groups in total. The topological polar surface area (TPSA) is 75.8 Å². The maximum absolute atomic E-state index is 10.8. The lowest BCUT2D eigenvalue weighted by molar-refractivity contribution is -0.141. The minimum atomic E-state index is -0.784. The van der Waals surface area contributed by atoms with E-state index in [9.17, 15) is 4.79 Å². The molecule has 0 fully saturated rings. The van der Waals surface area contributed by atoms with Crippen molar-refractivity contribution in [2.75, 3.05) is 20.2 Å². The normalized spacial score (nSPS) is 12.9. The number of aliphatic carboxylic acids is 1. The fourth-order valence-corrected chi connectivity index (χ4v) is 1.64. The Balaban J connectivity index is 2.53. The Hall–Kier alpha value is -1.40. The number of aromatic nitrogens is 1. The van der Waals surface area contributed by atoms with Crippen LogP contribution in [-0.2, 0) is 22.7 Å². The molecule has 6 heteroatoms. The van der Waals surface area contributed by atoms with Crippen molar-refractivity contribution in [3.8, 4) is 0 Å². The highest BCUT2D eigenvalue weighted by molar-refractivity contribution is 5.69. The summed E-state index contributed by atoms with van der Waals surface area (Å²) in [5.74, 6) is -0.501. The second kappa shape index (κ2) is 7.13. The van der Waals surface area contributed by atoms with E-state index in [2.05, 4.69) is 5.16 Å². The zero-order chi connectivity index (χ0) is 13.5. The van der Waals surface area contributed by atoms with Gasteiger partial charge in [-0.3, -0.25) is 9.69 Å². The third-order valence-corrected chi connectivity index (χ3v) is 2.68. The molecule has 0 saturated heterocycles. The molecule has 102 valence electrons. The molecular formula is C12H20N2O4. The second-order valence-electron chi connectivity index (χ2n) is 4.28. The van der Waals surface area contributed by atoms with Crippen LogP contribution in [0.4, 0.5) is 0 Å². The van der Waals surface area contributed by atoms with Crippen LogP contribution in [0.3, 0.4) is 0 Å². The van der Waals surface area contributed by atoms with Gasteiger partial charge in [-0.15, -0.1) is 0 Å². The molecular weight excluding hydrogens is 236 g/mol. The van der Waals surface area contributed by atoms with E-state index in [-0.39, 0.29) is 0 Å². The molecule has 0 aliphatic rings. The highest BCUT2D eigenvalue weighted by Crippen LogP contribution is 2.09. The largest absolute Gasteiger partial charge is 0.481 e. The average molecular weight is 256 g/mol. The number of nitrogens with zero attached hydrogens (tertiary/aromatic N) is 2. The molecule has 18 heavy (non-hydrogen) atoms. The van der Waals surface area contributed by atoms with Crippen LogP contribution in [0.1, 0.15) is 25.3 Å². The molecule has 0 aliphatic heterocycles. The molecule has 1 atom stereocenters. The minimum Gasteiger partial charge on any atom is -0.481 e. The van der Waals surface area contributed by atoms with Gasteiger partial charge in [0.2, 0.25) is 0 Å². The van der Waals surface area contributed by atoms with Crippen LogP contribution in [0, 0.1) is 5.92 Å². The van der Waals surface area contributed by atoms with Crippen LogP contribution < -0.4 is 0 Å². The van der Waals surface area contributed by atoms with Gasteiger partial charge in [-0.1, -0.05) is 19.0 Å². The van der Waals surface area contributed by atoms with Crippen LogP contribution in [-0.4, -0.2) is 41.3 Å². The fourth-order valence-electron chi connectivity index (χ4n) is 1.64. The Kier molecular flexibility index (Phi) is 5.80. The number of carboxylic acids is 1. The zero-order valence-electron chi connectivity index (χ0n) is 11.0. The van der Waals surface area contributed by atoms with Crippen molar-refractivity contribution in [3.63, 3.8) is 0 Å². The zero-order valence-corrected chi connectivity index (χ0v) is 11.0. The highest BCUT2D eigenvalue weighted by atomic mass is 16.5. The molecule has 6 nitrogen and oxygen atoms in total. The summed E-state index contributed by atoms with van der Waals surface area (Å²) < 4.78 is 10.0. The molecule has 1 aromatic rings. The molecule has 1 unspecified atom stereocenters. The van der Waals surface area contributed by atoms with Crippen LogP contribution in [0.25, 0.3) is 0 Å². The predicted molar refractivity (Wildman–Crippen MR) is 65.0 cm³/mol. The van der Waals surface area contributed by atoms with E-state index in [1.165, 1.54) is 0 Å². The maximum Gasteiger partial charge on any atom is 0.307 e. The van der Waals surface area contributed by atoms with Crippen molar-refractivity contribution < 1.29 is 19.2 Å². The monoisotopic (exact) mass is 256 g/mol. The van der Waals surface area contributed by atoms with Gasteiger partial charge in [0.25, 0.3) is 0 Å². The molecule has 1 heterocycles. The summed E-state index contributed by atoms with van der Waals surface area (Å²) in [6, 6.07) is 1.83. The first kappa shape index (κ1) is 14.7. The third-order valence-electron chi connectivity index (χ3n) is 2.68. The number of hydrogen-bond donors (Lipinski definition) is 1. The van der Waals surface area contributed by atoms with Gasteiger partial charge in [0.05, 0.1) is 11.6 Å². The Morgan fingerprint density at radius 3 is 2.94 bits per heavy atom. The van der Waals surface area contributed by atoms with E-state index >= 15 is 0 Å². The van der Waals surface area contributed by atoms with Gasteiger partial charge in [-0.25, -0.2) is 0 Å². The summed E-state index contributed by atoms with van der Waals surface area (Å²) in [5, 5.41) is 12.8. The third kappa shape index (κ3) is 4.46. The summed E-state index contributed by atoms with van der Waals surface area (Å²) in [6.45, 7) is 5.93. The number of carboxylic acid groups (broad SMARTS) is 1. The van der Waals surface area contributed by atoms with Crippen LogP contribution in [0.2, 0.25) is 0 Å². The van der Waals surface area contributed by atoms with Crippen molar-refractivity contribution in [1.82, 2.24) is 10.1 Å². The van der Waals surface area contributed by atoms with E-state index in [1.807, 2.05) is 17.9 Å². The van der Waals surface area contributed by atoms with Gasteiger partial charge in [0, 0.05) is 26.3 Å². The molecule has 0 amide bonds. The number of ether oxygens (including phenoxy) is 1. The Morgan fingerprint density at radius 1 is 1.67 bits per heavy atom. The van der Waals surface area contributed by atoms with Crippen molar-refractivity contribution >= 4 is 5.97 Å². The fraction of sp³-hybridized carbons (Fsp3) is 0.667. The van der Waals surface area contributed by atoms with Gasteiger partial charge in [0.15, 0.2) is 5.76 Å². The van der Waals surface area contributed by atoms with Gasteiger partial charge >= 0.3 is 5.97 Å². The SMILES string of the molecule is CCN(Cc1cc(COC)on1)CC(C)C(=O)O. The van der Waals surface area contributed by atoms with Crippen molar-refractivity contribution in [2.24, 2.45) is 5.92 Å². The number of carbonyl (C=O) groups is 1. The first-order valence-corrected chi connectivity index (χ1v) is 5.95. The molecule has 0 saturated carbocycles. The molecule has 1 aromatic heterocycles. The van der Waals surface area contributed by atoms with Gasteiger partial charge in [0.1, 0.15) is 6.61 Å². The van der Waals surface area contributed by atoms with Crippen LogP contribution >= 0.6 is 0 Å². The maximum atomic E-state index is 10.8.